The molecule has 1 nitrogen and oxygen atoms in total. The topological polar surface area (TPSA) is 9.23 Å². The summed E-state index contributed by atoms with van der Waals surface area (Å²) in [5, 5.41) is 0. The highest BCUT2D eigenvalue weighted by Crippen LogP contribution is 2.20. The van der Waals surface area contributed by atoms with Crippen LogP contribution >= 0.6 is 0 Å². The molecule has 0 rings (SSSR count). The first-order valence-electron chi connectivity index (χ1n) is 8.63. The van der Waals surface area contributed by atoms with Crippen LogP contribution in [-0.2, 0) is 4.43 Å². The molecule has 0 aliphatic carbocycles. The van der Waals surface area contributed by atoms with E-state index in [1.54, 1.807) is 0 Å². The lowest BCUT2D eigenvalue weighted by Crippen LogP contribution is -2.10. The van der Waals surface area contributed by atoms with E-state index in [0.29, 0.717) is 0 Å². The summed E-state index contributed by atoms with van der Waals surface area (Å²) in [5.74, 6) is 0.948. The molecule has 1 unspecified atom stereocenters. The Morgan fingerprint density at radius 3 is 1.95 bits per heavy atom. The molecule has 19 heavy (non-hydrogen) atoms. The van der Waals surface area contributed by atoms with Gasteiger partial charge in [0.25, 0.3) is 0 Å². The number of unbranched alkanes of at least 4 members (excludes halogenated alkanes) is 6. The summed E-state index contributed by atoms with van der Waals surface area (Å²) in [6, 6.07) is 0. The van der Waals surface area contributed by atoms with Gasteiger partial charge in [-0.1, -0.05) is 71.6 Å². The molecule has 0 saturated heterocycles. The van der Waals surface area contributed by atoms with Crippen LogP contribution in [0.5, 0.6) is 0 Å². The highest BCUT2D eigenvalue weighted by atomic mass is 28.3. The minimum Gasteiger partial charge on any atom is -0.417 e. The smallest absolute Gasteiger partial charge is 0.204 e. The third-order valence-electron chi connectivity index (χ3n) is 3.94. The third kappa shape index (κ3) is 14.4. The van der Waals surface area contributed by atoms with Crippen LogP contribution in [0, 0.1) is 5.92 Å². The van der Waals surface area contributed by atoms with Crippen molar-refractivity contribution in [1.29, 1.82) is 0 Å². The summed E-state index contributed by atoms with van der Waals surface area (Å²) < 4.78 is 5.72. The molecule has 0 saturated carbocycles. The first kappa shape index (κ1) is 19.2. The molecule has 1 atom stereocenters. The van der Waals surface area contributed by atoms with Crippen molar-refractivity contribution in [2.45, 2.75) is 97.6 Å². The van der Waals surface area contributed by atoms with Crippen LogP contribution in [0.3, 0.4) is 0 Å². The molecule has 0 N–H and O–H groups in total. The Kier molecular flexibility index (Phi) is 14.7. The minimum absolute atomic E-state index is 0.470. The van der Waals surface area contributed by atoms with Crippen LogP contribution in [0.1, 0.15) is 84.5 Å². The maximum absolute atomic E-state index is 5.72. The number of rotatable bonds is 14. The maximum Gasteiger partial charge on any atom is 0.204 e. The van der Waals surface area contributed by atoms with Gasteiger partial charge in [0.1, 0.15) is 0 Å². The van der Waals surface area contributed by atoms with Crippen molar-refractivity contribution in [2.75, 3.05) is 6.61 Å². The second kappa shape index (κ2) is 14.6. The molecule has 0 heterocycles. The van der Waals surface area contributed by atoms with Gasteiger partial charge < -0.3 is 4.43 Å². The predicted molar refractivity (Wildman–Crippen MR) is 89.1 cm³/mol. The van der Waals surface area contributed by atoms with Crippen LogP contribution in [0.4, 0.5) is 0 Å². The monoisotopic (exact) mass is 285 g/mol. The molecule has 115 valence electrons. The Labute approximate surface area is 124 Å². The highest BCUT2D eigenvalue weighted by molar-refractivity contribution is 6.48. The van der Waals surface area contributed by atoms with Crippen molar-refractivity contribution in [3.05, 3.63) is 0 Å². The van der Waals surface area contributed by atoms with Crippen molar-refractivity contribution in [3.63, 3.8) is 0 Å². The molecule has 0 spiro atoms. The normalized spacial score (nSPS) is 13.1. The summed E-state index contributed by atoms with van der Waals surface area (Å²) in [4.78, 5) is 0. The molecule has 0 aliphatic heterocycles. The van der Waals surface area contributed by atoms with E-state index < -0.39 is 9.04 Å². The molecule has 0 fully saturated rings. The van der Waals surface area contributed by atoms with E-state index in [0.717, 1.165) is 12.5 Å². The fourth-order valence-electron chi connectivity index (χ4n) is 2.59. The standard InChI is InChI=1S/C17H37OSi/c1-5-7-8-9-10-11-12-14-17(6-2)15-13-16-18-19(3)4/h17H,5-16H2,1-4H3. The molecule has 2 heteroatoms. The van der Waals surface area contributed by atoms with Gasteiger partial charge in [0.05, 0.1) is 0 Å². The van der Waals surface area contributed by atoms with Crippen LogP contribution in [0.25, 0.3) is 0 Å². The van der Waals surface area contributed by atoms with E-state index in [1.165, 1.54) is 70.6 Å². The molecule has 0 aliphatic rings. The summed E-state index contributed by atoms with van der Waals surface area (Å²) in [7, 11) is -0.470. The zero-order valence-corrected chi connectivity index (χ0v) is 15.0. The SMILES string of the molecule is CCCCCCCCCC(CC)CCCO[Si](C)C. The van der Waals surface area contributed by atoms with E-state index in [4.69, 9.17) is 4.43 Å². The molecular formula is C17H37OSi. The first-order valence-corrected chi connectivity index (χ1v) is 11.0. The van der Waals surface area contributed by atoms with Gasteiger partial charge >= 0.3 is 0 Å². The van der Waals surface area contributed by atoms with E-state index in [2.05, 4.69) is 26.9 Å². The van der Waals surface area contributed by atoms with Gasteiger partial charge in [-0.2, -0.15) is 0 Å². The molecule has 0 aromatic rings. The largest absolute Gasteiger partial charge is 0.417 e. The van der Waals surface area contributed by atoms with Gasteiger partial charge in [-0.05, 0) is 31.9 Å². The van der Waals surface area contributed by atoms with Crippen molar-refractivity contribution in [2.24, 2.45) is 5.92 Å². The Balaban J connectivity index is 3.33. The van der Waals surface area contributed by atoms with Gasteiger partial charge in [-0.3, -0.25) is 0 Å². The van der Waals surface area contributed by atoms with Crippen molar-refractivity contribution < 1.29 is 4.43 Å². The molecule has 1 radical (unpaired) electrons. The molecular weight excluding hydrogens is 248 g/mol. The van der Waals surface area contributed by atoms with Crippen LogP contribution in [0.2, 0.25) is 13.1 Å². The fourth-order valence-corrected chi connectivity index (χ4v) is 3.14. The lowest BCUT2D eigenvalue weighted by Gasteiger charge is -2.15. The summed E-state index contributed by atoms with van der Waals surface area (Å²) in [6.45, 7) is 10.1. The number of hydrogen-bond donors (Lipinski definition) is 0. The predicted octanol–water partition coefficient (Wildman–Crippen LogP) is 6.20. The van der Waals surface area contributed by atoms with Gasteiger partial charge in [-0.15, -0.1) is 0 Å². The lowest BCUT2D eigenvalue weighted by atomic mass is 9.93. The van der Waals surface area contributed by atoms with Crippen LogP contribution in [-0.4, -0.2) is 15.6 Å². The van der Waals surface area contributed by atoms with E-state index in [9.17, 15) is 0 Å². The molecule has 0 aromatic heterocycles. The van der Waals surface area contributed by atoms with Gasteiger partial charge in [0.15, 0.2) is 0 Å². The fraction of sp³-hybridized carbons (Fsp3) is 1.00. The molecule has 0 aromatic carbocycles. The molecule has 0 bridgehead atoms. The Bertz CT molecular complexity index is 171. The summed E-state index contributed by atoms with van der Waals surface area (Å²) in [6.07, 6.45) is 15.5. The highest BCUT2D eigenvalue weighted by Gasteiger charge is 2.06. The zero-order chi connectivity index (χ0) is 14.3. The number of hydrogen-bond acceptors (Lipinski definition) is 1. The Morgan fingerprint density at radius 2 is 1.37 bits per heavy atom. The Morgan fingerprint density at radius 1 is 0.789 bits per heavy atom. The summed E-state index contributed by atoms with van der Waals surface area (Å²) >= 11 is 0. The van der Waals surface area contributed by atoms with Gasteiger partial charge in [-0.25, -0.2) is 0 Å². The average Bonchev–Trinajstić information content (AvgIpc) is 2.39. The van der Waals surface area contributed by atoms with Crippen molar-refractivity contribution in [1.82, 2.24) is 0 Å². The van der Waals surface area contributed by atoms with Crippen molar-refractivity contribution >= 4 is 9.04 Å². The maximum atomic E-state index is 5.72. The first-order chi connectivity index (χ1) is 9.20. The average molecular weight is 286 g/mol. The van der Waals surface area contributed by atoms with E-state index in [1.807, 2.05) is 0 Å². The zero-order valence-electron chi connectivity index (χ0n) is 14.0. The third-order valence-corrected chi connectivity index (χ3v) is 4.72. The van der Waals surface area contributed by atoms with Crippen LogP contribution in [0.15, 0.2) is 0 Å². The Hall–Kier alpha value is 0.177. The van der Waals surface area contributed by atoms with E-state index >= 15 is 0 Å². The second-order valence-electron chi connectivity index (χ2n) is 6.08. The quantitative estimate of drug-likeness (QED) is 0.273. The minimum atomic E-state index is -0.470. The van der Waals surface area contributed by atoms with Crippen molar-refractivity contribution in [3.8, 4) is 0 Å². The summed E-state index contributed by atoms with van der Waals surface area (Å²) in [5.41, 5.74) is 0. The second-order valence-corrected chi connectivity index (χ2v) is 8.19. The van der Waals surface area contributed by atoms with Crippen LogP contribution < -0.4 is 0 Å². The lowest BCUT2D eigenvalue weighted by molar-refractivity contribution is 0.290. The van der Waals surface area contributed by atoms with Gasteiger partial charge in [0, 0.05) is 6.61 Å². The molecule has 0 amide bonds. The van der Waals surface area contributed by atoms with Gasteiger partial charge in [0.2, 0.25) is 9.04 Å². The van der Waals surface area contributed by atoms with E-state index in [-0.39, 0.29) is 0 Å².